The molecule has 82 valence electrons. The molecule has 2 rings (SSSR count). The molecule has 0 saturated carbocycles. The number of benzene rings is 2. The van der Waals surface area contributed by atoms with Gasteiger partial charge in [-0.2, -0.15) is 0 Å². The quantitative estimate of drug-likeness (QED) is 0.889. The fourth-order valence-electron chi connectivity index (χ4n) is 1.25. The summed E-state index contributed by atoms with van der Waals surface area (Å²) < 4.78 is 14.8. The van der Waals surface area contributed by atoms with Crippen molar-refractivity contribution in [1.29, 1.82) is 0 Å². The van der Waals surface area contributed by atoms with Crippen molar-refractivity contribution >= 4 is 28.3 Å². The van der Waals surface area contributed by atoms with E-state index in [0.717, 1.165) is 4.90 Å². The van der Waals surface area contributed by atoms with Crippen LogP contribution in [0.4, 0.5) is 5.69 Å². The van der Waals surface area contributed by atoms with Crippen LogP contribution in [-0.2, 0) is 11.0 Å². The summed E-state index contributed by atoms with van der Waals surface area (Å²) in [4.78, 5) is 0.724. The van der Waals surface area contributed by atoms with Gasteiger partial charge in [-0.1, -0.05) is 41.9 Å². The van der Waals surface area contributed by atoms with Crippen LogP contribution in [0, 0.1) is 0 Å². The predicted molar refractivity (Wildman–Crippen MR) is 67.9 cm³/mol. The SMILES string of the molecule is O=S(Nc1ccccc1Cl)c1ccccc1. The first-order valence-electron chi connectivity index (χ1n) is 4.75. The summed E-state index contributed by atoms with van der Waals surface area (Å²) in [6.07, 6.45) is 0. The van der Waals surface area contributed by atoms with Crippen molar-refractivity contribution < 1.29 is 4.21 Å². The molecule has 0 bridgehead atoms. The van der Waals surface area contributed by atoms with E-state index in [-0.39, 0.29) is 0 Å². The highest BCUT2D eigenvalue weighted by molar-refractivity contribution is 7.86. The Balaban J connectivity index is 2.18. The Hall–Kier alpha value is -1.32. The number of halogens is 1. The van der Waals surface area contributed by atoms with Crippen molar-refractivity contribution in [3.8, 4) is 0 Å². The van der Waals surface area contributed by atoms with Gasteiger partial charge >= 0.3 is 0 Å². The maximum Gasteiger partial charge on any atom is 0.150 e. The van der Waals surface area contributed by atoms with E-state index in [0.29, 0.717) is 10.7 Å². The maximum atomic E-state index is 11.9. The highest BCUT2D eigenvalue weighted by atomic mass is 35.5. The number of anilines is 1. The second-order valence-electron chi connectivity index (χ2n) is 3.16. The maximum absolute atomic E-state index is 11.9. The van der Waals surface area contributed by atoms with E-state index in [1.165, 1.54) is 0 Å². The van der Waals surface area contributed by atoms with Crippen molar-refractivity contribution in [3.05, 3.63) is 59.6 Å². The molecular formula is C12H10ClNOS. The average Bonchev–Trinajstić information content (AvgIpc) is 2.33. The lowest BCUT2D eigenvalue weighted by Gasteiger charge is -2.07. The summed E-state index contributed by atoms with van der Waals surface area (Å²) in [5, 5.41) is 0.562. The van der Waals surface area contributed by atoms with Gasteiger partial charge in [-0.15, -0.1) is 0 Å². The van der Waals surface area contributed by atoms with Crippen molar-refractivity contribution in [2.45, 2.75) is 4.90 Å². The third-order valence-electron chi connectivity index (χ3n) is 2.03. The molecule has 0 spiro atoms. The molecule has 0 amide bonds. The molecule has 2 aromatic carbocycles. The largest absolute Gasteiger partial charge is 0.300 e. The molecule has 0 aromatic heterocycles. The first-order chi connectivity index (χ1) is 7.77. The van der Waals surface area contributed by atoms with Gasteiger partial charge in [0.1, 0.15) is 11.0 Å². The minimum Gasteiger partial charge on any atom is -0.300 e. The van der Waals surface area contributed by atoms with Crippen LogP contribution in [0.5, 0.6) is 0 Å². The predicted octanol–water partition coefficient (Wildman–Crippen LogP) is 3.47. The molecule has 0 fully saturated rings. The van der Waals surface area contributed by atoms with E-state index in [1.807, 2.05) is 30.3 Å². The van der Waals surface area contributed by atoms with Gasteiger partial charge in [0, 0.05) is 0 Å². The van der Waals surface area contributed by atoms with E-state index in [4.69, 9.17) is 11.6 Å². The second-order valence-corrected chi connectivity index (χ2v) is 4.78. The molecule has 0 aliphatic heterocycles. The number of hydrogen-bond acceptors (Lipinski definition) is 1. The molecule has 0 aliphatic rings. The van der Waals surface area contributed by atoms with Gasteiger partial charge in [0.2, 0.25) is 0 Å². The zero-order chi connectivity index (χ0) is 11.4. The summed E-state index contributed by atoms with van der Waals surface area (Å²) >= 11 is 5.96. The van der Waals surface area contributed by atoms with Crippen LogP contribution < -0.4 is 4.72 Å². The normalized spacial score (nSPS) is 12.1. The number of nitrogens with one attached hydrogen (secondary N) is 1. The Labute approximate surface area is 102 Å². The fraction of sp³-hybridized carbons (Fsp3) is 0. The topological polar surface area (TPSA) is 29.1 Å². The van der Waals surface area contributed by atoms with E-state index in [1.54, 1.807) is 24.3 Å². The monoisotopic (exact) mass is 251 g/mol. The zero-order valence-electron chi connectivity index (χ0n) is 8.39. The number of para-hydroxylation sites is 1. The number of rotatable bonds is 3. The van der Waals surface area contributed by atoms with Crippen molar-refractivity contribution in [1.82, 2.24) is 0 Å². The van der Waals surface area contributed by atoms with E-state index in [2.05, 4.69) is 4.72 Å². The molecule has 0 radical (unpaired) electrons. The first kappa shape index (κ1) is 11.2. The summed E-state index contributed by atoms with van der Waals surface area (Å²) in [6, 6.07) is 16.4. The van der Waals surface area contributed by atoms with Gasteiger partial charge in [-0.3, -0.25) is 4.72 Å². The number of hydrogen-bond donors (Lipinski definition) is 1. The Morgan fingerprint density at radius 2 is 1.56 bits per heavy atom. The average molecular weight is 252 g/mol. The molecular weight excluding hydrogens is 242 g/mol. The molecule has 2 nitrogen and oxygen atoms in total. The van der Waals surface area contributed by atoms with Crippen LogP contribution in [0.2, 0.25) is 5.02 Å². The molecule has 1 N–H and O–H groups in total. The molecule has 4 heteroatoms. The standard InChI is InChI=1S/C12H10ClNOS/c13-11-8-4-5-9-12(11)14-16(15)10-6-2-1-3-7-10/h1-9,14H. The van der Waals surface area contributed by atoms with Gasteiger partial charge < -0.3 is 0 Å². The fourth-order valence-corrected chi connectivity index (χ4v) is 2.39. The smallest absolute Gasteiger partial charge is 0.150 e. The Morgan fingerprint density at radius 1 is 0.938 bits per heavy atom. The van der Waals surface area contributed by atoms with Crippen LogP contribution in [0.1, 0.15) is 0 Å². The van der Waals surface area contributed by atoms with Crippen LogP contribution in [-0.4, -0.2) is 4.21 Å². The van der Waals surface area contributed by atoms with Crippen molar-refractivity contribution in [2.75, 3.05) is 4.72 Å². The third-order valence-corrected chi connectivity index (χ3v) is 3.47. The van der Waals surface area contributed by atoms with Crippen molar-refractivity contribution in [2.24, 2.45) is 0 Å². The highest BCUT2D eigenvalue weighted by Gasteiger charge is 2.05. The minimum absolute atomic E-state index is 0.562. The minimum atomic E-state index is -1.28. The lowest BCUT2D eigenvalue weighted by Crippen LogP contribution is -2.04. The summed E-state index contributed by atoms with van der Waals surface area (Å²) in [6.45, 7) is 0. The highest BCUT2D eigenvalue weighted by Crippen LogP contribution is 2.22. The van der Waals surface area contributed by atoms with Crippen LogP contribution in [0.25, 0.3) is 0 Å². The lowest BCUT2D eigenvalue weighted by atomic mass is 10.3. The second kappa shape index (κ2) is 5.14. The van der Waals surface area contributed by atoms with Gasteiger partial charge in [0.15, 0.2) is 0 Å². The van der Waals surface area contributed by atoms with Crippen LogP contribution in [0.15, 0.2) is 59.5 Å². The molecule has 1 atom stereocenters. The van der Waals surface area contributed by atoms with Gasteiger partial charge in [0.25, 0.3) is 0 Å². The van der Waals surface area contributed by atoms with Gasteiger partial charge in [0.05, 0.1) is 15.6 Å². The third kappa shape index (κ3) is 2.62. The Kier molecular flexibility index (Phi) is 3.59. The molecule has 0 aliphatic carbocycles. The molecule has 1 unspecified atom stereocenters. The Bertz CT molecular complexity index is 501. The van der Waals surface area contributed by atoms with E-state index >= 15 is 0 Å². The molecule has 16 heavy (non-hydrogen) atoms. The van der Waals surface area contributed by atoms with Gasteiger partial charge in [-0.25, -0.2) is 4.21 Å². The molecule has 2 aromatic rings. The van der Waals surface area contributed by atoms with Crippen molar-refractivity contribution in [3.63, 3.8) is 0 Å². The lowest BCUT2D eigenvalue weighted by molar-refractivity contribution is 0.686. The van der Waals surface area contributed by atoms with E-state index < -0.39 is 11.0 Å². The molecule has 0 heterocycles. The first-order valence-corrected chi connectivity index (χ1v) is 6.28. The van der Waals surface area contributed by atoms with Crippen LogP contribution >= 0.6 is 11.6 Å². The van der Waals surface area contributed by atoms with Crippen LogP contribution in [0.3, 0.4) is 0 Å². The summed E-state index contributed by atoms with van der Waals surface area (Å²) in [5.41, 5.74) is 0.673. The molecule has 0 saturated heterocycles. The summed E-state index contributed by atoms with van der Waals surface area (Å²) in [7, 11) is -1.28. The van der Waals surface area contributed by atoms with Gasteiger partial charge in [-0.05, 0) is 24.3 Å². The summed E-state index contributed by atoms with van der Waals surface area (Å²) in [5.74, 6) is 0. The zero-order valence-corrected chi connectivity index (χ0v) is 9.96. The van der Waals surface area contributed by atoms with E-state index in [9.17, 15) is 4.21 Å². The Morgan fingerprint density at radius 3 is 2.25 bits per heavy atom.